The van der Waals surface area contributed by atoms with Crippen molar-refractivity contribution >= 4 is 27.5 Å². The number of hydrogen-bond acceptors (Lipinski definition) is 3. The Labute approximate surface area is 207 Å². The van der Waals surface area contributed by atoms with E-state index in [0.29, 0.717) is 49.6 Å². The number of piperidine rings is 1. The van der Waals surface area contributed by atoms with E-state index in [0.717, 1.165) is 11.1 Å². The molecule has 0 bridgehead atoms. The third-order valence-corrected chi connectivity index (χ3v) is 8.26. The number of sulfonamides is 1. The van der Waals surface area contributed by atoms with Crippen molar-refractivity contribution in [1.82, 2.24) is 9.21 Å². The minimum absolute atomic E-state index is 0.0830. The standard InChI is InChI=1S/C27H29ClN2O3S/c28-26-13-7-12-24(18-26)21-34(32,33)30-16-14-25(15-17-30)27(31)29(19-22-8-3-1-4-9-22)20-23-10-5-2-6-11-23/h1-13,18,25H,14-17,19-21H2. The van der Waals surface area contributed by atoms with Crippen molar-refractivity contribution in [2.75, 3.05) is 13.1 Å². The summed E-state index contributed by atoms with van der Waals surface area (Å²) in [6.07, 6.45) is 1.04. The van der Waals surface area contributed by atoms with E-state index in [-0.39, 0.29) is 17.6 Å². The molecule has 1 fully saturated rings. The summed E-state index contributed by atoms with van der Waals surface area (Å²) in [5, 5.41) is 0.522. The Hall–Kier alpha value is -2.67. The van der Waals surface area contributed by atoms with Crippen LogP contribution in [0.3, 0.4) is 0 Å². The molecule has 0 saturated carbocycles. The number of benzene rings is 3. The molecule has 0 atom stereocenters. The van der Waals surface area contributed by atoms with Crippen molar-refractivity contribution in [2.45, 2.75) is 31.7 Å². The zero-order valence-electron chi connectivity index (χ0n) is 19.0. The van der Waals surface area contributed by atoms with Gasteiger partial charge < -0.3 is 4.90 Å². The molecule has 3 aromatic rings. The maximum atomic E-state index is 13.5. The van der Waals surface area contributed by atoms with E-state index in [1.807, 2.05) is 65.6 Å². The first kappa shape index (κ1) is 24.5. The highest BCUT2D eigenvalue weighted by Gasteiger charge is 2.33. The highest BCUT2D eigenvalue weighted by molar-refractivity contribution is 7.88. The molecule has 0 spiro atoms. The predicted molar refractivity (Wildman–Crippen MR) is 136 cm³/mol. The lowest BCUT2D eigenvalue weighted by atomic mass is 9.96. The molecule has 0 radical (unpaired) electrons. The van der Waals surface area contributed by atoms with E-state index in [9.17, 15) is 13.2 Å². The molecule has 0 unspecified atom stereocenters. The van der Waals surface area contributed by atoms with Gasteiger partial charge in [0.1, 0.15) is 0 Å². The van der Waals surface area contributed by atoms with Crippen LogP contribution in [0.1, 0.15) is 29.5 Å². The van der Waals surface area contributed by atoms with Gasteiger partial charge >= 0.3 is 0 Å². The molecule has 0 aliphatic carbocycles. The van der Waals surface area contributed by atoms with Crippen LogP contribution in [0.5, 0.6) is 0 Å². The summed E-state index contributed by atoms with van der Waals surface area (Å²) in [4.78, 5) is 15.4. The fourth-order valence-electron chi connectivity index (χ4n) is 4.39. The van der Waals surface area contributed by atoms with Crippen LogP contribution in [0.4, 0.5) is 0 Å². The van der Waals surface area contributed by atoms with Crippen molar-refractivity contribution in [2.24, 2.45) is 5.92 Å². The summed E-state index contributed by atoms with van der Waals surface area (Å²) in [7, 11) is -3.47. The fraction of sp³-hybridized carbons (Fsp3) is 0.296. The predicted octanol–water partition coefficient (Wildman–Crippen LogP) is 5.11. The molecule has 1 saturated heterocycles. The summed E-state index contributed by atoms with van der Waals surface area (Å²) in [5.74, 6) is -0.190. The fourth-order valence-corrected chi connectivity index (χ4v) is 6.15. The van der Waals surface area contributed by atoms with Crippen LogP contribution in [0.2, 0.25) is 5.02 Å². The first-order valence-electron chi connectivity index (χ1n) is 11.5. The number of hydrogen-bond donors (Lipinski definition) is 0. The van der Waals surface area contributed by atoms with Gasteiger partial charge in [-0.25, -0.2) is 12.7 Å². The number of carbonyl (C=O) groups excluding carboxylic acids is 1. The number of halogens is 1. The molecule has 0 N–H and O–H groups in total. The Kier molecular flexibility index (Phi) is 8.03. The normalized spacial score (nSPS) is 15.2. The molecule has 178 valence electrons. The maximum absolute atomic E-state index is 13.5. The molecule has 5 nitrogen and oxygen atoms in total. The molecule has 1 aliphatic heterocycles. The van der Waals surface area contributed by atoms with Gasteiger partial charge in [0.25, 0.3) is 0 Å². The smallest absolute Gasteiger partial charge is 0.226 e. The third kappa shape index (κ3) is 6.47. The second kappa shape index (κ2) is 11.2. The molecule has 3 aromatic carbocycles. The zero-order valence-corrected chi connectivity index (χ0v) is 20.6. The quantitative estimate of drug-likeness (QED) is 0.435. The monoisotopic (exact) mass is 496 g/mol. The van der Waals surface area contributed by atoms with E-state index in [1.54, 1.807) is 24.3 Å². The lowest BCUT2D eigenvalue weighted by Crippen LogP contribution is -2.44. The van der Waals surface area contributed by atoms with Gasteiger partial charge in [0, 0.05) is 37.1 Å². The van der Waals surface area contributed by atoms with Crippen LogP contribution in [0, 0.1) is 5.92 Å². The van der Waals surface area contributed by atoms with E-state index in [4.69, 9.17) is 11.6 Å². The van der Waals surface area contributed by atoms with Gasteiger partial charge in [-0.3, -0.25) is 4.79 Å². The number of amides is 1. The maximum Gasteiger partial charge on any atom is 0.226 e. The van der Waals surface area contributed by atoms with Gasteiger partial charge in [-0.1, -0.05) is 84.4 Å². The van der Waals surface area contributed by atoms with Crippen molar-refractivity contribution in [1.29, 1.82) is 0 Å². The highest BCUT2D eigenvalue weighted by atomic mass is 35.5. The highest BCUT2D eigenvalue weighted by Crippen LogP contribution is 2.25. The van der Waals surface area contributed by atoms with Crippen LogP contribution >= 0.6 is 11.6 Å². The van der Waals surface area contributed by atoms with Crippen molar-refractivity contribution < 1.29 is 13.2 Å². The minimum atomic E-state index is -3.47. The summed E-state index contributed by atoms with van der Waals surface area (Å²) >= 11 is 6.01. The van der Waals surface area contributed by atoms with E-state index in [2.05, 4.69) is 0 Å². The second-order valence-corrected chi connectivity index (χ2v) is 11.1. The topological polar surface area (TPSA) is 57.7 Å². The van der Waals surface area contributed by atoms with Crippen LogP contribution in [-0.2, 0) is 33.7 Å². The Morgan fingerprint density at radius 2 is 1.35 bits per heavy atom. The number of carbonyl (C=O) groups is 1. The van der Waals surface area contributed by atoms with Crippen LogP contribution < -0.4 is 0 Å². The SMILES string of the molecule is O=C(C1CCN(S(=O)(=O)Cc2cccc(Cl)c2)CC1)N(Cc1ccccc1)Cc1ccccc1. The Bertz CT molecular complexity index is 1150. The lowest BCUT2D eigenvalue weighted by molar-refractivity contribution is -0.138. The van der Waals surface area contributed by atoms with Crippen LogP contribution in [-0.4, -0.2) is 36.6 Å². The zero-order chi connectivity index (χ0) is 24.0. The summed E-state index contributed by atoms with van der Waals surface area (Å²) < 4.78 is 27.4. The lowest BCUT2D eigenvalue weighted by Gasteiger charge is -2.34. The first-order valence-corrected chi connectivity index (χ1v) is 13.5. The molecular formula is C27H29ClN2O3S. The summed E-state index contributed by atoms with van der Waals surface area (Å²) in [6, 6.07) is 26.9. The second-order valence-electron chi connectivity index (χ2n) is 8.72. The molecule has 1 aliphatic rings. The van der Waals surface area contributed by atoms with E-state index < -0.39 is 10.0 Å². The summed E-state index contributed by atoms with van der Waals surface area (Å²) in [6.45, 7) is 1.76. The van der Waals surface area contributed by atoms with E-state index >= 15 is 0 Å². The minimum Gasteiger partial charge on any atom is -0.334 e. The largest absolute Gasteiger partial charge is 0.334 e. The van der Waals surface area contributed by atoms with Crippen molar-refractivity contribution in [3.63, 3.8) is 0 Å². The third-order valence-electron chi connectivity index (χ3n) is 6.18. The Morgan fingerprint density at radius 3 is 1.88 bits per heavy atom. The van der Waals surface area contributed by atoms with Crippen molar-refractivity contribution in [3.05, 3.63) is 107 Å². The van der Waals surface area contributed by atoms with Gasteiger partial charge in [-0.15, -0.1) is 0 Å². The van der Waals surface area contributed by atoms with Gasteiger partial charge in [0.15, 0.2) is 0 Å². The molecule has 34 heavy (non-hydrogen) atoms. The molecule has 1 heterocycles. The average molecular weight is 497 g/mol. The van der Waals surface area contributed by atoms with Gasteiger partial charge in [0.05, 0.1) is 5.75 Å². The van der Waals surface area contributed by atoms with Gasteiger partial charge in [-0.05, 0) is 41.7 Å². The Balaban J connectivity index is 1.42. The van der Waals surface area contributed by atoms with Crippen LogP contribution in [0.15, 0.2) is 84.9 Å². The molecule has 7 heteroatoms. The van der Waals surface area contributed by atoms with Gasteiger partial charge in [-0.2, -0.15) is 0 Å². The number of nitrogens with zero attached hydrogens (tertiary/aromatic N) is 2. The van der Waals surface area contributed by atoms with Crippen molar-refractivity contribution in [3.8, 4) is 0 Å². The average Bonchev–Trinajstić information content (AvgIpc) is 2.84. The molecule has 0 aromatic heterocycles. The molecule has 1 amide bonds. The first-order chi connectivity index (χ1) is 16.4. The molecule has 4 rings (SSSR count). The summed E-state index contributed by atoms with van der Waals surface area (Å²) in [5.41, 5.74) is 2.82. The molecular weight excluding hydrogens is 468 g/mol. The van der Waals surface area contributed by atoms with E-state index in [1.165, 1.54) is 4.31 Å². The Morgan fingerprint density at radius 1 is 0.824 bits per heavy atom. The number of rotatable bonds is 8. The van der Waals surface area contributed by atoms with Crippen LogP contribution in [0.25, 0.3) is 0 Å². The van der Waals surface area contributed by atoms with Gasteiger partial charge in [0.2, 0.25) is 15.9 Å².